The highest BCUT2D eigenvalue weighted by molar-refractivity contribution is 7.08. The molecule has 0 aliphatic heterocycles. The molecule has 0 aliphatic carbocycles. The minimum atomic E-state index is 0.861. The van der Waals surface area contributed by atoms with Crippen LogP contribution in [0.5, 0.6) is 0 Å². The van der Waals surface area contributed by atoms with E-state index < -0.39 is 0 Å². The van der Waals surface area contributed by atoms with Gasteiger partial charge in [0.15, 0.2) is 0 Å². The van der Waals surface area contributed by atoms with Gasteiger partial charge in [0, 0.05) is 11.1 Å². The molecule has 13 heavy (non-hydrogen) atoms. The van der Waals surface area contributed by atoms with Gasteiger partial charge in [-0.3, -0.25) is 0 Å². The summed E-state index contributed by atoms with van der Waals surface area (Å²) >= 11 is 1.61. The van der Waals surface area contributed by atoms with E-state index in [2.05, 4.69) is 19.1 Å². The molecule has 0 unspecified atom stereocenters. The first-order valence-corrected chi connectivity index (χ1v) is 5.02. The lowest BCUT2D eigenvalue weighted by atomic mass is 10.2. The summed E-state index contributed by atoms with van der Waals surface area (Å²) in [4.78, 5) is 0. The second kappa shape index (κ2) is 5.38. The van der Waals surface area contributed by atoms with E-state index in [1.807, 2.05) is 35.0 Å². The Kier molecular flexibility index (Phi) is 4.06. The van der Waals surface area contributed by atoms with Gasteiger partial charge in [-0.2, -0.15) is 11.3 Å². The quantitative estimate of drug-likeness (QED) is 0.679. The minimum absolute atomic E-state index is 0.861. The van der Waals surface area contributed by atoms with Crippen molar-refractivity contribution in [2.45, 2.75) is 6.92 Å². The molecule has 0 atom stereocenters. The van der Waals surface area contributed by atoms with Crippen LogP contribution in [-0.4, -0.2) is 0 Å². The zero-order chi connectivity index (χ0) is 9.52. The topological polar surface area (TPSA) is 26.0 Å². The zero-order valence-corrected chi connectivity index (χ0v) is 8.42. The van der Waals surface area contributed by atoms with E-state index in [4.69, 9.17) is 5.73 Å². The van der Waals surface area contributed by atoms with Gasteiger partial charge >= 0.3 is 0 Å². The van der Waals surface area contributed by atoms with Crippen LogP contribution in [0.1, 0.15) is 5.56 Å². The molecule has 0 aliphatic rings. The third-order valence-electron chi connectivity index (χ3n) is 1.48. The Hall–Kier alpha value is -1.28. The molecule has 0 spiro atoms. The van der Waals surface area contributed by atoms with E-state index in [1.54, 1.807) is 11.3 Å². The molecule has 2 N–H and O–H groups in total. The number of aryl methyl sites for hydroxylation is 1. The van der Waals surface area contributed by atoms with Gasteiger partial charge in [-0.15, -0.1) is 0 Å². The predicted molar refractivity (Wildman–Crippen MR) is 59.9 cm³/mol. The highest BCUT2D eigenvalue weighted by Crippen LogP contribution is 2.05. The molecule has 0 bridgehead atoms. The molecule has 1 nitrogen and oxygen atoms in total. The normalized spacial score (nSPS) is 8.69. The monoisotopic (exact) mass is 191 g/mol. The van der Waals surface area contributed by atoms with Gasteiger partial charge in [0.1, 0.15) is 0 Å². The number of benzene rings is 1. The average molecular weight is 191 g/mol. The fourth-order valence-electron chi connectivity index (χ4n) is 0.809. The van der Waals surface area contributed by atoms with Crippen molar-refractivity contribution >= 4 is 17.0 Å². The number of hydrogen-bond donors (Lipinski definition) is 1. The summed E-state index contributed by atoms with van der Waals surface area (Å²) in [5, 5.41) is 3.86. The molecule has 2 rings (SSSR count). The van der Waals surface area contributed by atoms with E-state index in [9.17, 15) is 0 Å². The highest BCUT2D eigenvalue weighted by atomic mass is 32.1. The fraction of sp³-hybridized carbons (Fsp3) is 0.0909. The van der Waals surface area contributed by atoms with Crippen LogP contribution in [0, 0.1) is 6.92 Å². The minimum Gasteiger partial charge on any atom is -0.398 e. The lowest BCUT2D eigenvalue weighted by molar-refractivity contribution is 1.48. The molecule has 2 aromatic rings. The summed E-state index contributed by atoms with van der Waals surface area (Å²) in [6.45, 7) is 2.08. The molecule has 0 saturated heterocycles. The fourth-order valence-corrected chi connectivity index (χ4v) is 1.36. The summed E-state index contributed by atoms with van der Waals surface area (Å²) in [5.41, 5.74) is 7.47. The van der Waals surface area contributed by atoms with Crippen LogP contribution >= 0.6 is 11.3 Å². The average Bonchev–Trinajstić information content (AvgIpc) is 2.58. The number of nitrogen functional groups attached to an aromatic ring is 1. The Labute approximate surface area is 82.8 Å². The number of thiophene rings is 1. The van der Waals surface area contributed by atoms with Crippen molar-refractivity contribution in [1.29, 1.82) is 0 Å². The summed E-state index contributed by atoms with van der Waals surface area (Å²) < 4.78 is 0. The van der Waals surface area contributed by atoms with E-state index in [0.29, 0.717) is 0 Å². The zero-order valence-electron chi connectivity index (χ0n) is 7.60. The van der Waals surface area contributed by atoms with Gasteiger partial charge in [-0.1, -0.05) is 35.9 Å². The van der Waals surface area contributed by atoms with E-state index in [-0.39, 0.29) is 0 Å². The third kappa shape index (κ3) is 4.33. The largest absolute Gasteiger partial charge is 0.398 e. The van der Waals surface area contributed by atoms with Crippen LogP contribution in [0.15, 0.2) is 47.2 Å². The first-order chi connectivity index (χ1) is 6.29. The SMILES string of the molecule is Cc1ccccc1.Nc1ccsc1. The second-order valence-corrected chi connectivity index (χ2v) is 3.49. The first-order valence-electron chi connectivity index (χ1n) is 4.08. The van der Waals surface area contributed by atoms with Crippen molar-refractivity contribution < 1.29 is 0 Å². The maximum atomic E-state index is 5.29. The number of anilines is 1. The molecule has 0 amide bonds. The van der Waals surface area contributed by atoms with Crippen molar-refractivity contribution in [2.24, 2.45) is 0 Å². The van der Waals surface area contributed by atoms with Crippen LogP contribution in [-0.2, 0) is 0 Å². The van der Waals surface area contributed by atoms with Gasteiger partial charge in [0.25, 0.3) is 0 Å². The highest BCUT2D eigenvalue weighted by Gasteiger charge is 1.74. The van der Waals surface area contributed by atoms with Gasteiger partial charge in [0.05, 0.1) is 0 Å². The standard InChI is InChI=1S/C7H8.C4H5NS/c1-7-5-3-2-4-6-7;5-4-1-2-6-3-4/h2-6H,1H3;1-3H,5H2. The van der Waals surface area contributed by atoms with Gasteiger partial charge in [0.2, 0.25) is 0 Å². The van der Waals surface area contributed by atoms with E-state index in [0.717, 1.165) is 5.69 Å². The lowest BCUT2D eigenvalue weighted by Crippen LogP contribution is -1.74. The molecule has 68 valence electrons. The molecule has 1 aromatic carbocycles. The van der Waals surface area contributed by atoms with Crippen molar-refractivity contribution in [3.8, 4) is 0 Å². The molecule has 1 heterocycles. The molecule has 0 saturated carbocycles. The molecule has 2 heteroatoms. The van der Waals surface area contributed by atoms with E-state index in [1.165, 1.54) is 5.56 Å². The summed E-state index contributed by atoms with van der Waals surface area (Å²) in [7, 11) is 0. The van der Waals surface area contributed by atoms with Gasteiger partial charge in [-0.05, 0) is 18.4 Å². The summed E-state index contributed by atoms with van der Waals surface area (Å²) in [6, 6.07) is 12.1. The Bertz CT molecular complexity index is 313. The Morgan fingerprint density at radius 3 is 2.00 bits per heavy atom. The first kappa shape index (κ1) is 9.81. The molecular weight excluding hydrogens is 178 g/mol. The maximum Gasteiger partial charge on any atom is 0.0422 e. The van der Waals surface area contributed by atoms with Crippen LogP contribution in [0.2, 0.25) is 0 Å². The van der Waals surface area contributed by atoms with Crippen LogP contribution < -0.4 is 5.73 Å². The Morgan fingerprint density at radius 1 is 1.08 bits per heavy atom. The Balaban J connectivity index is 0.000000132. The molecule has 1 aromatic heterocycles. The molecular formula is C11H13NS. The predicted octanol–water partition coefficient (Wildman–Crippen LogP) is 3.33. The van der Waals surface area contributed by atoms with E-state index >= 15 is 0 Å². The third-order valence-corrected chi connectivity index (χ3v) is 2.19. The lowest BCUT2D eigenvalue weighted by Gasteiger charge is -1.82. The maximum absolute atomic E-state index is 5.29. The Morgan fingerprint density at radius 2 is 1.77 bits per heavy atom. The smallest absolute Gasteiger partial charge is 0.0422 e. The number of nitrogens with two attached hydrogens (primary N) is 1. The van der Waals surface area contributed by atoms with Crippen LogP contribution in [0.3, 0.4) is 0 Å². The number of hydrogen-bond acceptors (Lipinski definition) is 2. The van der Waals surface area contributed by atoms with Gasteiger partial charge < -0.3 is 5.73 Å². The van der Waals surface area contributed by atoms with Crippen molar-refractivity contribution in [2.75, 3.05) is 5.73 Å². The van der Waals surface area contributed by atoms with Crippen molar-refractivity contribution in [3.63, 3.8) is 0 Å². The van der Waals surface area contributed by atoms with Crippen molar-refractivity contribution in [1.82, 2.24) is 0 Å². The van der Waals surface area contributed by atoms with Crippen molar-refractivity contribution in [3.05, 3.63) is 52.7 Å². The van der Waals surface area contributed by atoms with Crippen LogP contribution in [0.4, 0.5) is 5.69 Å². The summed E-state index contributed by atoms with van der Waals surface area (Å²) in [5.74, 6) is 0. The number of rotatable bonds is 0. The molecule has 0 radical (unpaired) electrons. The van der Waals surface area contributed by atoms with Gasteiger partial charge in [-0.25, -0.2) is 0 Å². The molecule has 0 fully saturated rings. The second-order valence-electron chi connectivity index (χ2n) is 2.71. The summed E-state index contributed by atoms with van der Waals surface area (Å²) in [6.07, 6.45) is 0. The van der Waals surface area contributed by atoms with Crippen LogP contribution in [0.25, 0.3) is 0 Å².